The van der Waals surface area contributed by atoms with Gasteiger partial charge in [0.2, 0.25) is 0 Å². The maximum Gasteiger partial charge on any atom is 0.167 e. The first-order valence-electron chi connectivity index (χ1n) is 14.4. The summed E-state index contributed by atoms with van der Waals surface area (Å²) in [5.74, 6) is -0.442. The fraction of sp³-hybridized carbons (Fsp3) is 0.371. The van der Waals surface area contributed by atoms with Gasteiger partial charge in [-0.15, -0.1) is 6.58 Å². The first-order valence-corrected chi connectivity index (χ1v) is 14.4. The first kappa shape index (κ1) is 29.5. The second-order valence-corrected chi connectivity index (χ2v) is 10.5. The molecule has 0 atom stereocenters. The van der Waals surface area contributed by atoms with Crippen LogP contribution in [0.4, 0.5) is 13.2 Å². The standard InChI is InChI=1S/C35H39F3O2/c1-3-5-7-23-40-33-21-17-29(24-32(33)36)26-11-8-25(9-12-26)10-13-28-16-20-31(35(38)34(28)37)27-14-18-30(19-15-27)39-22-6-4-2/h3,10,13-21,24-26H,1,4-9,11-12,22-23H2,2H3/b13-10+. The van der Waals surface area contributed by atoms with Crippen LogP contribution in [0.25, 0.3) is 17.2 Å². The van der Waals surface area contributed by atoms with Crippen LogP contribution in [-0.4, -0.2) is 13.2 Å². The molecule has 0 N–H and O–H groups in total. The minimum absolute atomic E-state index is 0.232. The van der Waals surface area contributed by atoms with Gasteiger partial charge in [0.05, 0.1) is 13.2 Å². The quantitative estimate of drug-likeness (QED) is 0.156. The molecule has 0 amide bonds. The van der Waals surface area contributed by atoms with Crippen LogP contribution >= 0.6 is 0 Å². The SMILES string of the molecule is C=CCCCOc1ccc(C2CCC(/C=C/c3ccc(-c4ccc(OCCCC)cc4)c(F)c3F)CC2)cc1F. The van der Waals surface area contributed by atoms with Crippen LogP contribution in [0.15, 0.2) is 73.3 Å². The summed E-state index contributed by atoms with van der Waals surface area (Å²) < 4.78 is 55.7. The Morgan fingerprint density at radius 3 is 2.30 bits per heavy atom. The van der Waals surface area contributed by atoms with E-state index < -0.39 is 11.6 Å². The normalized spacial score (nSPS) is 17.2. The lowest BCUT2D eigenvalue weighted by Gasteiger charge is -2.27. The molecule has 0 aromatic heterocycles. The number of rotatable bonds is 13. The lowest BCUT2D eigenvalue weighted by atomic mass is 9.78. The van der Waals surface area contributed by atoms with Crippen molar-refractivity contribution in [2.24, 2.45) is 5.92 Å². The van der Waals surface area contributed by atoms with E-state index in [1.165, 1.54) is 0 Å². The molecule has 0 heterocycles. The Labute approximate surface area is 236 Å². The third-order valence-electron chi connectivity index (χ3n) is 7.60. The van der Waals surface area contributed by atoms with Crippen molar-refractivity contribution < 1.29 is 22.6 Å². The zero-order valence-corrected chi connectivity index (χ0v) is 23.3. The van der Waals surface area contributed by atoms with Crippen LogP contribution in [0.3, 0.4) is 0 Å². The minimum Gasteiger partial charge on any atom is -0.494 e. The molecule has 212 valence electrons. The predicted molar refractivity (Wildman–Crippen MR) is 157 cm³/mol. The summed E-state index contributed by atoms with van der Waals surface area (Å²) in [5, 5.41) is 0. The summed E-state index contributed by atoms with van der Waals surface area (Å²) in [6, 6.07) is 15.6. The number of halogens is 3. The van der Waals surface area contributed by atoms with Crippen LogP contribution in [0.2, 0.25) is 0 Å². The molecule has 40 heavy (non-hydrogen) atoms. The molecule has 5 heteroatoms. The van der Waals surface area contributed by atoms with Crippen molar-refractivity contribution in [3.63, 3.8) is 0 Å². The fourth-order valence-corrected chi connectivity index (χ4v) is 5.16. The van der Waals surface area contributed by atoms with Gasteiger partial charge in [0.25, 0.3) is 0 Å². The molecular formula is C35H39F3O2. The molecule has 0 spiro atoms. The molecule has 1 aliphatic carbocycles. The zero-order chi connectivity index (χ0) is 28.3. The van der Waals surface area contributed by atoms with Gasteiger partial charge in [0.15, 0.2) is 23.2 Å². The van der Waals surface area contributed by atoms with Crippen LogP contribution in [0.1, 0.15) is 75.3 Å². The highest BCUT2D eigenvalue weighted by Gasteiger charge is 2.22. The first-order chi connectivity index (χ1) is 19.5. The van der Waals surface area contributed by atoms with Crippen molar-refractivity contribution in [3.8, 4) is 22.6 Å². The van der Waals surface area contributed by atoms with E-state index >= 15 is 0 Å². The fourth-order valence-electron chi connectivity index (χ4n) is 5.16. The second kappa shape index (κ2) is 14.8. The molecule has 2 nitrogen and oxygen atoms in total. The van der Waals surface area contributed by atoms with Crippen molar-refractivity contribution in [3.05, 3.63) is 102 Å². The summed E-state index contributed by atoms with van der Waals surface area (Å²) in [6.07, 6.45) is 12.8. The van der Waals surface area contributed by atoms with E-state index in [1.807, 2.05) is 18.2 Å². The molecule has 0 saturated heterocycles. The lowest BCUT2D eigenvalue weighted by molar-refractivity contribution is 0.296. The monoisotopic (exact) mass is 548 g/mol. The van der Waals surface area contributed by atoms with Gasteiger partial charge >= 0.3 is 0 Å². The van der Waals surface area contributed by atoms with E-state index in [1.54, 1.807) is 54.6 Å². The molecule has 0 aliphatic heterocycles. The number of hydrogen-bond donors (Lipinski definition) is 0. The average molecular weight is 549 g/mol. The van der Waals surface area contributed by atoms with E-state index in [2.05, 4.69) is 13.5 Å². The Kier molecular flexibility index (Phi) is 10.9. The minimum atomic E-state index is -0.847. The maximum absolute atomic E-state index is 15.0. The largest absolute Gasteiger partial charge is 0.494 e. The zero-order valence-electron chi connectivity index (χ0n) is 23.3. The van der Waals surface area contributed by atoms with Crippen molar-refractivity contribution in [1.82, 2.24) is 0 Å². The molecule has 3 aromatic rings. The smallest absolute Gasteiger partial charge is 0.167 e. The van der Waals surface area contributed by atoms with Crippen LogP contribution in [0, 0.1) is 23.4 Å². The second-order valence-electron chi connectivity index (χ2n) is 10.5. The van der Waals surface area contributed by atoms with E-state index in [0.29, 0.717) is 18.8 Å². The van der Waals surface area contributed by atoms with Gasteiger partial charge in [0, 0.05) is 11.1 Å². The predicted octanol–water partition coefficient (Wildman–Crippen LogP) is 10.3. The van der Waals surface area contributed by atoms with Gasteiger partial charge in [0.1, 0.15) is 5.75 Å². The number of unbranched alkanes of at least 4 members (excludes halogenated alkanes) is 2. The average Bonchev–Trinajstić information content (AvgIpc) is 2.98. The van der Waals surface area contributed by atoms with E-state index in [0.717, 1.165) is 62.7 Å². The summed E-state index contributed by atoms with van der Waals surface area (Å²) in [6.45, 7) is 6.88. The van der Waals surface area contributed by atoms with Gasteiger partial charge in [-0.3, -0.25) is 0 Å². The summed E-state index contributed by atoms with van der Waals surface area (Å²) >= 11 is 0. The molecule has 1 saturated carbocycles. The topological polar surface area (TPSA) is 18.5 Å². The van der Waals surface area contributed by atoms with Gasteiger partial charge < -0.3 is 9.47 Å². The van der Waals surface area contributed by atoms with E-state index in [-0.39, 0.29) is 34.5 Å². The van der Waals surface area contributed by atoms with Crippen molar-refractivity contribution in [1.29, 1.82) is 0 Å². The van der Waals surface area contributed by atoms with Crippen LogP contribution in [0.5, 0.6) is 11.5 Å². The summed E-state index contributed by atoms with van der Waals surface area (Å²) in [5.41, 5.74) is 2.07. The number of ether oxygens (including phenoxy) is 2. The number of allylic oxidation sites excluding steroid dienone is 2. The van der Waals surface area contributed by atoms with Crippen LogP contribution < -0.4 is 9.47 Å². The summed E-state index contributed by atoms with van der Waals surface area (Å²) in [7, 11) is 0. The van der Waals surface area contributed by atoms with Gasteiger partial charge in [-0.25, -0.2) is 13.2 Å². The Balaban J connectivity index is 1.32. The lowest BCUT2D eigenvalue weighted by Crippen LogP contribution is -2.12. The molecule has 0 bridgehead atoms. The molecule has 0 radical (unpaired) electrons. The third kappa shape index (κ3) is 7.80. The highest BCUT2D eigenvalue weighted by molar-refractivity contribution is 5.67. The number of benzene rings is 3. The van der Waals surface area contributed by atoms with Gasteiger partial charge in [-0.05, 0) is 92.2 Å². The molecule has 1 aliphatic rings. The molecule has 0 unspecified atom stereocenters. The van der Waals surface area contributed by atoms with Crippen LogP contribution in [-0.2, 0) is 0 Å². The van der Waals surface area contributed by atoms with Crippen molar-refractivity contribution in [2.45, 2.75) is 64.2 Å². The number of hydrogen-bond acceptors (Lipinski definition) is 2. The molecule has 4 rings (SSSR count). The van der Waals surface area contributed by atoms with Gasteiger partial charge in [-0.2, -0.15) is 0 Å². The third-order valence-corrected chi connectivity index (χ3v) is 7.60. The summed E-state index contributed by atoms with van der Waals surface area (Å²) in [4.78, 5) is 0. The Morgan fingerprint density at radius 2 is 1.60 bits per heavy atom. The Morgan fingerprint density at radius 1 is 0.850 bits per heavy atom. The Bertz CT molecular complexity index is 1270. The maximum atomic E-state index is 15.0. The van der Waals surface area contributed by atoms with E-state index in [4.69, 9.17) is 9.47 Å². The van der Waals surface area contributed by atoms with E-state index in [9.17, 15) is 13.2 Å². The van der Waals surface area contributed by atoms with Gasteiger partial charge in [-0.1, -0.05) is 61.9 Å². The molecule has 1 fully saturated rings. The molecule has 3 aromatic carbocycles. The molecular weight excluding hydrogens is 509 g/mol. The van der Waals surface area contributed by atoms with Crippen molar-refractivity contribution in [2.75, 3.05) is 13.2 Å². The highest BCUT2D eigenvalue weighted by Crippen LogP contribution is 2.38. The Hall–Kier alpha value is -3.47. The van der Waals surface area contributed by atoms with Crippen molar-refractivity contribution >= 4 is 6.08 Å². The highest BCUT2D eigenvalue weighted by atomic mass is 19.2.